The van der Waals surface area contributed by atoms with Crippen molar-refractivity contribution in [1.29, 1.82) is 0 Å². The molecule has 4 nitrogen and oxygen atoms in total. The van der Waals surface area contributed by atoms with Crippen LogP contribution in [0.2, 0.25) is 5.02 Å². The zero-order valence-corrected chi connectivity index (χ0v) is 15.3. The summed E-state index contributed by atoms with van der Waals surface area (Å²) in [5.41, 5.74) is -0.599. The maximum absolute atomic E-state index is 12.9. The van der Waals surface area contributed by atoms with E-state index in [1.807, 2.05) is 0 Å². The van der Waals surface area contributed by atoms with E-state index in [1.54, 1.807) is 13.0 Å². The Balaban J connectivity index is 1.86. The Kier molecular flexibility index (Phi) is 5.27. The summed E-state index contributed by atoms with van der Waals surface area (Å²) < 4.78 is 38.8. The highest BCUT2D eigenvalue weighted by Crippen LogP contribution is 2.35. The van der Waals surface area contributed by atoms with Gasteiger partial charge in [-0.25, -0.2) is 9.97 Å². The summed E-state index contributed by atoms with van der Waals surface area (Å²) in [6.07, 6.45) is -2.26. The standard InChI is InChI=1S/C18H20ClF3N4/c1-11-5-7-26(8-6-11)17-10-16(23-12(2)24-17)25-15-9-13(18(20,21)22)3-4-14(15)19/h3-4,9-11H,5-8H2,1-2H3,(H,23,24,25). The zero-order valence-electron chi connectivity index (χ0n) is 14.6. The van der Waals surface area contributed by atoms with Crippen molar-refractivity contribution in [3.05, 3.63) is 40.7 Å². The second kappa shape index (κ2) is 7.31. The number of alkyl halides is 3. The summed E-state index contributed by atoms with van der Waals surface area (Å²) >= 11 is 6.06. The maximum atomic E-state index is 12.9. The second-order valence-electron chi connectivity index (χ2n) is 6.65. The minimum Gasteiger partial charge on any atom is -0.356 e. The van der Waals surface area contributed by atoms with E-state index in [1.165, 1.54) is 6.07 Å². The van der Waals surface area contributed by atoms with Crippen LogP contribution in [0.3, 0.4) is 0 Å². The van der Waals surface area contributed by atoms with Crippen LogP contribution < -0.4 is 10.2 Å². The number of rotatable bonds is 3. The Morgan fingerprint density at radius 3 is 2.50 bits per heavy atom. The molecule has 8 heteroatoms. The predicted molar refractivity (Wildman–Crippen MR) is 97.1 cm³/mol. The fraction of sp³-hybridized carbons (Fsp3) is 0.444. The second-order valence-corrected chi connectivity index (χ2v) is 7.05. The Morgan fingerprint density at radius 1 is 1.15 bits per heavy atom. The molecule has 1 fully saturated rings. The summed E-state index contributed by atoms with van der Waals surface area (Å²) in [7, 11) is 0. The Labute approximate surface area is 155 Å². The van der Waals surface area contributed by atoms with E-state index in [-0.39, 0.29) is 10.7 Å². The van der Waals surface area contributed by atoms with Gasteiger partial charge >= 0.3 is 6.18 Å². The number of anilines is 3. The highest BCUT2D eigenvalue weighted by atomic mass is 35.5. The van der Waals surface area contributed by atoms with E-state index in [9.17, 15) is 13.2 Å². The molecule has 0 saturated carbocycles. The molecule has 2 aromatic rings. The average molecular weight is 385 g/mol. The average Bonchev–Trinajstić information content (AvgIpc) is 2.56. The molecule has 1 aromatic carbocycles. The molecule has 1 aromatic heterocycles. The normalized spacial score (nSPS) is 16.0. The topological polar surface area (TPSA) is 41.1 Å². The van der Waals surface area contributed by atoms with Gasteiger partial charge in [0.15, 0.2) is 0 Å². The number of hydrogen-bond acceptors (Lipinski definition) is 4. The summed E-state index contributed by atoms with van der Waals surface area (Å²) in [6, 6.07) is 4.92. The predicted octanol–water partition coefficient (Wildman–Crippen LogP) is 5.44. The van der Waals surface area contributed by atoms with Crippen molar-refractivity contribution in [3.8, 4) is 0 Å². The van der Waals surface area contributed by atoms with Gasteiger partial charge in [0.05, 0.1) is 16.3 Å². The highest BCUT2D eigenvalue weighted by Gasteiger charge is 2.31. The van der Waals surface area contributed by atoms with E-state index < -0.39 is 11.7 Å². The van der Waals surface area contributed by atoms with E-state index in [0.717, 1.165) is 43.9 Å². The molecule has 0 spiro atoms. The molecule has 0 amide bonds. The van der Waals surface area contributed by atoms with Crippen molar-refractivity contribution in [2.45, 2.75) is 32.9 Å². The first-order chi connectivity index (χ1) is 12.2. The van der Waals surface area contributed by atoms with Crippen LogP contribution in [0.5, 0.6) is 0 Å². The van der Waals surface area contributed by atoms with Gasteiger partial charge in [0.2, 0.25) is 0 Å². The Morgan fingerprint density at radius 2 is 1.85 bits per heavy atom. The largest absolute Gasteiger partial charge is 0.416 e. The number of nitrogens with zero attached hydrogens (tertiary/aromatic N) is 3. The van der Waals surface area contributed by atoms with Crippen LogP contribution >= 0.6 is 11.6 Å². The van der Waals surface area contributed by atoms with Gasteiger partial charge in [-0.15, -0.1) is 0 Å². The number of piperidine rings is 1. The molecule has 1 N–H and O–H groups in total. The third-order valence-corrected chi connectivity index (χ3v) is 4.82. The maximum Gasteiger partial charge on any atom is 0.416 e. The van der Waals surface area contributed by atoms with Crippen LogP contribution in [-0.2, 0) is 6.18 Å². The van der Waals surface area contributed by atoms with Gasteiger partial charge in [-0.3, -0.25) is 0 Å². The first kappa shape index (κ1) is 18.8. The monoisotopic (exact) mass is 384 g/mol. The molecule has 0 aliphatic carbocycles. The number of aryl methyl sites for hydroxylation is 1. The molecule has 26 heavy (non-hydrogen) atoms. The van der Waals surface area contributed by atoms with Crippen LogP contribution in [0.1, 0.15) is 31.2 Å². The molecule has 0 atom stereocenters. The van der Waals surface area contributed by atoms with Crippen LogP contribution in [0.4, 0.5) is 30.5 Å². The van der Waals surface area contributed by atoms with Crippen LogP contribution in [0.15, 0.2) is 24.3 Å². The lowest BCUT2D eigenvalue weighted by molar-refractivity contribution is -0.137. The Hall–Kier alpha value is -2.02. The molecule has 1 aliphatic rings. The van der Waals surface area contributed by atoms with Gasteiger partial charge in [0.25, 0.3) is 0 Å². The summed E-state index contributed by atoms with van der Waals surface area (Å²) in [5, 5.41) is 3.10. The fourth-order valence-electron chi connectivity index (χ4n) is 2.95. The lowest BCUT2D eigenvalue weighted by Gasteiger charge is -2.31. The van der Waals surface area contributed by atoms with Crippen molar-refractivity contribution in [2.24, 2.45) is 5.92 Å². The third-order valence-electron chi connectivity index (χ3n) is 4.49. The molecule has 0 bridgehead atoms. The first-order valence-electron chi connectivity index (χ1n) is 8.47. The molecule has 1 saturated heterocycles. The number of nitrogens with one attached hydrogen (secondary N) is 1. The van der Waals surface area contributed by atoms with E-state index in [0.29, 0.717) is 17.6 Å². The SMILES string of the molecule is Cc1nc(Nc2cc(C(F)(F)F)ccc2Cl)cc(N2CCC(C)CC2)n1. The highest BCUT2D eigenvalue weighted by molar-refractivity contribution is 6.33. The van der Waals surface area contributed by atoms with Crippen molar-refractivity contribution in [1.82, 2.24) is 9.97 Å². The Bertz CT molecular complexity index is 786. The van der Waals surface area contributed by atoms with E-state index in [4.69, 9.17) is 11.6 Å². The molecule has 1 aliphatic heterocycles. The molecule has 140 valence electrons. The number of aromatic nitrogens is 2. The minimum absolute atomic E-state index is 0.165. The zero-order chi connectivity index (χ0) is 18.9. The number of hydrogen-bond donors (Lipinski definition) is 1. The molecule has 3 rings (SSSR count). The molecular formula is C18H20ClF3N4. The molecule has 0 radical (unpaired) electrons. The van der Waals surface area contributed by atoms with Crippen molar-refractivity contribution in [2.75, 3.05) is 23.3 Å². The number of benzene rings is 1. The summed E-state index contributed by atoms with van der Waals surface area (Å²) in [5.74, 6) is 2.43. The van der Waals surface area contributed by atoms with Gasteiger partial charge in [0, 0.05) is 19.2 Å². The van der Waals surface area contributed by atoms with Gasteiger partial charge < -0.3 is 10.2 Å². The molecule has 2 heterocycles. The quantitative estimate of drug-likeness (QED) is 0.765. The third kappa shape index (κ3) is 4.38. The van der Waals surface area contributed by atoms with Crippen LogP contribution in [0, 0.1) is 12.8 Å². The van der Waals surface area contributed by atoms with Crippen LogP contribution in [0.25, 0.3) is 0 Å². The van der Waals surface area contributed by atoms with Gasteiger partial charge in [-0.05, 0) is 43.9 Å². The van der Waals surface area contributed by atoms with Gasteiger partial charge in [-0.2, -0.15) is 13.2 Å². The lowest BCUT2D eigenvalue weighted by atomic mass is 9.99. The van der Waals surface area contributed by atoms with Gasteiger partial charge in [-0.1, -0.05) is 18.5 Å². The van der Waals surface area contributed by atoms with Crippen molar-refractivity contribution >= 4 is 28.9 Å². The van der Waals surface area contributed by atoms with Gasteiger partial charge in [0.1, 0.15) is 17.5 Å². The first-order valence-corrected chi connectivity index (χ1v) is 8.84. The van der Waals surface area contributed by atoms with Crippen LogP contribution in [-0.4, -0.2) is 23.1 Å². The van der Waals surface area contributed by atoms with Crippen molar-refractivity contribution < 1.29 is 13.2 Å². The lowest BCUT2D eigenvalue weighted by Crippen LogP contribution is -2.33. The van der Waals surface area contributed by atoms with Crippen molar-refractivity contribution in [3.63, 3.8) is 0 Å². The molecule has 0 unspecified atom stereocenters. The minimum atomic E-state index is -4.43. The smallest absolute Gasteiger partial charge is 0.356 e. The molecular weight excluding hydrogens is 365 g/mol. The number of halogens is 4. The fourth-order valence-corrected chi connectivity index (χ4v) is 3.12. The van der Waals surface area contributed by atoms with E-state index in [2.05, 4.69) is 27.1 Å². The summed E-state index contributed by atoms with van der Waals surface area (Å²) in [6.45, 7) is 5.79. The summed E-state index contributed by atoms with van der Waals surface area (Å²) in [4.78, 5) is 10.9. The van der Waals surface area contributed by atoms with E-state index >= 15 is 0 Å².